The minimum atomic E-state index is 0.803. The van der Waals surface area contributed by atoms with Gasteiger partial charge in [-0.2, -0.15) is 0 Å². The van der Waals surface area contributed by atoms with Gasteiger partial charge in [-0.15, -0.1) is 0 Å². The standard InChI is InChI=1S/C48H29N3O/c1-3-13-31(14-4-1)45-46(50-41-21-10-9-20-40(41)49-45)39-19-11-18-36-37-26-27-42-44(48(37)52-47(36)39)38-25-24-34(29-43(38)51(42)35-16-5-2-6-17-35)33-23-22-30-12-7-8-15-32(30)28-33/h1-29H. The van der Waals surface area contributed by atoms with E-state index >= 15 is 0 Å². The van der Waals surface area contributed by atoms with E-state index in [1.807, 2.05) is 42.5 Å². The normalized spacial score (nSPS) is 11.8. The largest absolute Gasteiger partial charge is 0.455 e. The summed E-state index contributed by atoms with van der Waals surface area (Å²) in [4.78, 5) is 10.4. The first-order chi connectivity index (χ1) is 25.8. The summed E-state index contributed by atoms with van der Waals surface area (Å²) in [5.74, 6) is 0. The molecule has 0 bridgehead atoms. The first-order valence-electron chi connectivity index (χ1n) is 17.6. The molecule has 0 spiro atoms. The second kappa shape index (κ2) is 11.2. The van der Waals surface area contributed by atoms with Crippen LogP contribution in [-0.4, -0.2) is 14.5 Å². The first-order valence-corrected chi connectivity index (χ1v) is 17.6. The molecule has 0 N–H and O–H groups in total. The molecule has 11 aromatic rings. The van der Waals surface area contributed by atoms with Crippen LogP contribution >= 0.6 is 0 Å². The Kier molecular flexibility index (Phi) is 6.22. The SMILES string of the molecule is c1ccc(-c2nc3ccccc3nc2-c2cccc3c2oc2c3ccc3c2c2ccc(-c4ccc5ccccc5c4)cc2n3-c2ccccc2)cc1. The van der Waals surface area contributed by atoms with Crippen LogP contribution < -0.4 is 0 Å². The third kappa shape index (κ3) is 4.34. The molecule has 0 aliphatic heterocycles. The molecule has 3 heterocycles. The van der Waals surface area contributed by atoms with Crippen LogP contribution in [0.1, 0.15) is 0 Å². The monoisotopic (exact) mass is 663 g/mol. The molecule has 0 saturated heterocycles. The third-order valence-electron chi connectivity index (χ3n) is 10.4. The molecule has 4 nitrogen and oxygen atoms in total. The average Bonchev–Trinajstić information content (AvgIpc) is 3.76. The van der Waals surface area contributed by atoms with Gasteiger partial charge in [0.25, 0.3) is 0 Å². The highest BCUT2D eigenvalue weighted by Crippen LogP contribution is 2.44. The predicted octanol–water partition coefficient (Wildman–Crippen LogP) is 12.8. The van der Waals surface area contributed by atoms with Crippen molar-refractivity contribution in [2.75, 3.05) is 0 Å². The van der Waals surface area contributed by atoms with E-state index in [-0.39, 0.29) is 0 Å². The second-order valence-corrected chi connectivity index (χ2v) is 13.4. The number of rotatable bonds is 4. The highest BCUT2D eigenvalue weighted by atomic mass is 16.3. The number of benzene rings is 8. The minimum absolute atomic E-state index is 0.803. The van der Waals surface area contributed by atoms with E-state index in [1.165, 1.54) is 21.9 Å². The van der Waals surface area contributed by atoms with E-state index in [1.54, 1.807) is 0 Å². The number of aromatic nitrogens is 3. The van der Waals surface area contributed by atoms with E-state index in [9.17, 15) is 0 Å². The fourth-order valence-electron chi connectivity index (χ4n) is 7.93. The molecule has 3 aromatic heterocycles. The molecule has 8 aromatic carbocycles. The molecule has 11 rings (SSSR count). The van der Waals surface area contributed by atoms with Gasteiger partial charge in [0, 0.05) is 33.0 Å². The van der Waals surface area contributed by atoms with Gasteiger partial charge in [-0.1, -0.05) is 121 Å². The molecule has 0 atom stereocenters. The van der Waals surface area contributed by atoms with E-state index in [0.717, 1.165) is 83.0 Å². The number of hydrogen-bond donors (Lipinski definition) is 0. The van der Waals surface area contributed by atoms with E-state index in [2.05, 4.69) is 138 Å². The molecule has 52 heavy (non-hydrogen) atoms. The Morgan fingerprint density at radius 1 is 0.404 bits per heavy atom. The summed E-state index contributed by atoms with van der Waals surface area (Å²) >= 11 is 0. The summed E-state index contributed by atoms with van der Waals surface area (Å²) in [6.45, 7) is 0. The quantitative estimate of drug-likeness (QED) is 0.188. The van der Waals surface area contributed by atoms with Crippen LogP contribution in [0.3, 0.4) is 0 Å². The number of fused-ring (bicyclic) bond motifs is 9. The van der Waals surface area contributed by atoms with Crippen LogP contribution in [0.2, 0.25) is 0 Å². The number of nitrogens with zero attached hydrogens (tertiary/aromatic N) is 3. The van der Waals surface area contributed by atoms with Crippen molar-refractivity contribution in [1.82, 2.24) is 14.5 Å². The molecule has 0 aliphatic rings. The molecule has 0 saturated carbocycles. The van der Waals surface area contributed by atoms with Gasteiger partial charge in [-0.25, -0.2) is 9.97 Å². The highest BCUT2D eigenvalue weighted by Gasteiger charge is 2.23. The smallest absolute Gasteiger partial charge is 0.145 e. The van der Waals surface area contributed by atoms with Crippen molar-refractivity contribution in [2.24, 2.45) is 0 Å². The predicted molar refractivity (Wildman–Crippen MR) is 215 cm³/mol. The van der Waals surface area contributed by atoms with E-state index in [0.29, 0.717) is 0 Å². The molecule has 0 unspecified atom stereocenters. The molecule has 0 radical (unpaired) electrons. The van der Waals surface area contributed by atoms with Crippen LogP contribution in [0.4, 0.5) is 0 Å². The summed E-state index contributed by atoms with van der Waals surface area (Å²) in [5.41, 5.74) is 12.6. The van der Waals surface area contributed by atoms with E-state index in [4.69, 9.17) is 14.4 Å². The molecular formula is C48H29N3O. The molecular weight excluding hydrogens is 635 g/mol. The Hall–Kier alpha value is -7.04. The summed E-state index contributed by atoms with van der Waals surface area (Å²) in [7, 11) is 0. The zero-order chi connectivity index (χ0) is 34.2. The van der Waals surface area contributed by atoms with Gasteiger partial charge >= 0.3 is 0 Å². The average molecular weight is 664 g/mol. The Labute approximate surface area is 298 Å². The molecule has 0 aliphatic carbocycles. The minimum Gasteiger partial charge on any atom is -0.455 e. The Morgan fingerprint density at radius 2 is 1.06 bits per heavy atom. The van der Waals surface area contributed by atoms with Gasteiger partial charge in [0.05, 0.1) is 33.1 Å². The van der Waals surface area contributed by atoms with Crippen molar-refractivity contribution < 1.29 is 4.42 Å². The topological polar surface area (TPSA) is 43.9 Å². The summed E-state index contributed by atoms with van der Waals surface area (Å²) < 4.78 is 9.46. The van der Waals surface area contributed by atoms with Crippen molar-refractivity contribution in [2.45, 2.75) is 0 Å². The maximum absolute atomic E-state index is 7.09. The lowest BCUT2D eigenvalue weighted by Crippen LogP contribution is -1.95. The Bertz CT molecular complexity index is 3180. The number of para-hydroxylation sites is 4. The van der Waals surface area contributed by atoms with Crippen LogP contribution in [0.15, 0.2) is 180 Å². The van der Waals surface area contributed by atoms with Crippen molar-refractivity contribution in [3.05, 3.63) is 176 Å². The van der Waals surface area contributed by atoms with Crippen LogP contribution in [0, 0.1) is 0 Å². The zero-order valence-electron chi connectivity index (χ0n) is 28.0. The molecule has 4 heteroatoms. The molecule has 0 amide bonds. The van der Waals surface area contributed by atoms with Crippen LogP contribution in [0.25, 0.3) is 105 Å². The molecule has 0 fully saturated rings. The fourth-order valence-corrected chi connectivity index (χ4v) is 7.93. The molecule has 242 valence electrons. The number of furan rings is 1. The summed E-state index contributed by atoms with van der Waals surface area (Å²) in [6.07, 6.45) is 0. The third-order valence-corrected chi connectivity index (χ3v) is 10.4. The lowest BCUT2D eigenvalue weighted by Gasteiger charge is -2.11. The summed E-state index contributed by atoms with van der Waals surface area (Å²) in [6, 6.07) is 61.8. The summed E-state index contributed by atoms with van der Waals surface area (Å²) in [5, 5.41) is 6.83. The Morgan fingerprint density at radius 3 is 1.88 bits per heavy atom. The van der Waals surface area contributed by atoms with Gasteiger partial charge < -0.3 is 8.98 Å². The van der Waals surface area contributed by atoms with Gasteiger partial charge in [0.1, 0.15) is 16.9 Å². The van der Waals surface area contributed by atoms with Gasteiger partial charge in [0.15, 0.2) is 0 Å². The maximum atomic E-state index is 7.09. The van der Waals surface area contributed by atoms with Crippen molar-refractivity contribution in [3.63, 3.8) is 0 Å². The number of hydrogen-bond acceptors (Lipinski definition) is 3. The first kappa shape index (κ1) is 28.8. The van der Waals surface area contributed by atoms with Gasteiger partial charge in [-0.3, -0.25) is 0 Å². The highest BCUT2D eigenvalue weighted by molar-refractivity contribution is 6.25. The van der Waals surface area contributed by atoms with Gasteiger partial charge in [-0.05, 0) is 76.5 Å². The van der Waals surface area contributed by atoms with Gasteiger partial charge in [0.2, 0.25) is 0 Å². The second-order valence-electron chi connectivity index (χ2n) is 13.4. The van der Waals surface area contributed by atoms with Crippen molar-refractivity contribution in [3.8, 4) is 39.3 Å². The van der Waals surface area contributed by atoms with Crippen LogP contribution in [-0.2, 0) is 0 Å². The van der Waals surface area contributed by atoms with Crippen molar-refractivity contribution >= 4 is 65.6 Å². The lowest BCUT2D eigenvalue weighted by atomic mass is 9.99. The maximum Gasteiger partial charge on any atom is 0.145 e. The Balaban J connectivity index is 1.20. The van der Waals surface area contributed by atoms with E-state index < -0.39 is 0 Å². The zero-order valence-corrected chi connectivity index (χ0v) is 28.0. The fraction of sp³-hybridized carbons (Fsp3) is 0. The van der Waals surface area contributed by atoms with Crippen molar-refractivity contribution in [1.29, 1.82) is 0 Å². The van der Waals surface area contributed by atoms with Crippen LogP contribution in [0.5, 0.6) is 0 Å². The lowest BCUT2D eigenvalue weighted by molar-refractivity contribution is 0.674.